The summed E-state index contributed by atoms with van der Waals surface area (Å²) in [4.78, 5) is 21.7. The van der Waals surface area contributed by atoms with Crippen molar-refractivity contribution in [1.82, 2.24) is 0 Å². The van der Waals surface area contributed by atoms with E-state index in [-0.39, 0.29) is 0 Å². The monoisotopic (exact) mass is 314 g/mol. The van der Waals surface area contributed by atoms with E-state index in [1.54, 1.807) is 0 Å². The van der Waals surface area contributed by atoms with E-state index >= 15 is 0 Å². The zero-order valence-corrected chi connectivity index (χ0v) is 14.2. The average molecular weight is 314 g/mol. The molecule has 0 amide bonds. The maximum atomic E-state index is 10.9. The lowest BCUT2D eigenvalue weighted by atomic mass is 10.0. The summed E-state index contributed by atoms with van der Waals surface area (Å²) < 4.78 is 0. The smallest absolute Gasteiger partial charge is 0.123 e. The highest BCUT2D eigenvalue weighted by Gasteiger charge is 2.19. The van der Waals surface area contributed by atoms with Crippen LogP contribution in [-0.4, -0.2) is 34.1 Å². The summed E-state index contributed by atoms with van der Waals surface area (Å²) in [6.07, 6.45) is 3.09. The van der Waals surface area contributed by atoms with Gasteiger partial charge in [-0.2, -0.15) is 0 Å². The lowest BCUT2D eigenvalue weighted by molar-refractivity contribution is -0.106. The lowest BCUT2D eigenvalue weighted by Gasteiger charge is -2.22. The second-order valence-electron chi connectivity index (χ2n) is 4.93. The molecule has 2 nitrogen and oxygen atoms in total. The van der Waals surface area contributed by atoms with Gasteiger partial charge in [0.15, 0.2) is 0 Å². The van der Waals surface area contributed by atoms with Crippen molar-refractivity contribution in [3.05, 3.63) is 71.8 Å². The van der Waals surface area contributed by atoms with Crippen LogP contribution in [0.2, 0.25) is 0 Å². The quantitative estimate of drug-likeness (QED) is 0.426. The van der Waals surface area contributed by atoms with Crippen LogP contribution in [0.3, 0.4) is 0 Å². The molecule has 2 aromatic rings. The van der Waals surface area contributed by atoms with E-state index in [4.69, 9.17) is 0 Å². The first-order chi connectivity index (χ1) is 10.3. The topological polar surface area (TPSA) is 34.1 Å². The van der Waals surface area contributed by atoms with Gasteiger partial charge in [-0.05, 0) is 11.1 Å². The average Bonchev–Trinajstić information content (AvgIpc) is 2.54. The molecule has 0 saturated carbocycles. The number of aldehydes is 2. The van der Waals surface area contributed by atoms with Gasteiger partial charge < -0.3 is 9.59 Å². The summed E-state index contributed by atoms with van der Waals surface area (Å²) in [5.74, 6) is 0. The Hall–Kier alpha value is -1.57. The Morgan fingerprint density at radius 3 is 1.62 bits per heavy atom. The van der Waals surface area contributed by atoms with E-state index in [0.717, 1.165) is 12.6 Å². The molecule has 0 N–H and O–H groups in total. The van der Waals surface area contributed by atoms with E-state index in [2.05, 4.69) is 48.5 Å². The fourth-order valence-electron chi connectivity index (χ4n) is 2.47. The third-order valence-corrected chi connectivity index (χ3v) is 10.9. The van der Waals surface area contributed by atoms with Crippen molar-refractivity contribution in [3.63, 3.8) is 0 Å². The Morgan fingerprint density at radius 2 is 1.24 bits per heavy atom. The number of hydrogen-bond donors (Lipinski definition) is 0. The molecule has 0 atom stereocenters. The minimum atomic E-state index is -0.577. The molecule has 0 bridgehead atoms. The summed E-state index contributed by atoms with van der Waals surface area (Å²) in [5, 5.41) is 0. The fraction of sp³-hybridized carbons (Fsp3) is 0.176. The number of rotatable bonds is 8. The Bertz CT molecular complexity index is 510. The Kier molecular flexibility index (Phi) is 6.52. The van der Waals surface area contributed by atoms with Crippen molar-refractivity contribution in [2.45, 2.75) is 5.54 Å². The molecule has 0 radical (unpaired) electrons. The summed E-state index contributed by atoms with van der Waals surface area (Å²) >= 11 is 0. The molecule has 0 fully saturated rings. The fourth-order valence-corrected chi connectivity index (χ4v) is 9.16. The van der Waals surface area contributed by atoms with Gasteiger partial charge in [-0.3, -0.25) is 0 Å². The molecule has 0 unspecified atom stereocenters. The molecule has 0 aliphatic carbocycles. The highest BCUT2D eigenvalue weighted by molar-refractivity contribution is 7.87. The lowest BCUT2D eigenvalue weighted by Crippen LogP contribution is -2.12. The first-order valence-corrected chi connectivity index (χ1v) is 11.7. The van der Waals surface area contributed by atoms with Crippen LogP contribution in [0, 0.1) is 0 Å². The molecule has 0 heterocycles. The third-order valence-electron chi connectivity index (χ3n) is 3.51. The number of benzene rings is 2. The molecule has 2 aromatic carbocycles. The van der Waals surface area contributed by atoms with E-state index in [9.17, 15) is 9.59 Å². The molecule has 0 aliphatic rings. The van der Waals surface area contributed by atoms with Crippen LogP contribution in [0.4, 0.5) is 0 Å². The first kappa shape index (κ1) is 15.8. The van der Waals surface area contributed by atoms with E-state index in [1.807, 2.05) is 12.1 Å². The van der Waals surface area contributed by atoms with Crippen molar-refractivity contribution in [3.8, 4) is 0 Å². The predicted molar refractivity (Wildman–Crippen MR) is 92.1 cm³/mol. The summed E-state index contributed by atoms with van der Waals surface area (Å²) in [6.45, 7) is 0. The molecule has 108 valence electrons. The predicted octanol–water partition coefficient (Wildman–Crippen LogP) is 2.74. The van der Waals surface area contributed by atoms with Crippen molar-refractivity contribution in [2.24, 2.45) is 0 Å². The molecule has 2 rings (SSSR count). The molecule has 21 heavy (non-hydrogen) atoms. The Labute approximate surface area is 129 Å². The normalized spacial score (nSPS) is 11.3. The van der Waals surface area contributed by atoms with Gasteiger partial charge in [0.25, 0.3) is 0 Å². The molecule has 0 spiro atoms. The van der Waals surface area contributed by atoms with Crippen LogP contribution in [0.1, 0.15) is 16.7 Å². The molecule has 4 heteroatoms. The van der Waals surface area contributed by atoms with Gasteiger partial charge in [0.2, 0.25) is 0 Å². The van der Waals surface area contributed by atoms with Gasteiger partial charge in [-0.1, -0.05) is 60.7 Å². The number of hydrogen-bond acceptors (Lipinski definition) is 2. The largest absolute Gasteiger partial charge is 0.303 e. The highest BCUT2D eigenvalue weighted by Crippen LogP contribution is 2.39. The van der Waals surface area contributed by atoms with Gasteiger partial charge in [-0.15, -0.1) is 7.47 Å². The SMILES string of the molecule is O=CCP(CC=O)[SiH2]C(c1ccccc1)c1ccccc1. The summed E-state index contributed by atoms with van der Waals surface area (Å²) in [7, 11) is -1.02. The van der Waals surface area contributed by atoms with Crippen LogP contribution >= 0.6 is 7.47 Å². The zero-order valence-electron chi connectivity index (χ0n) is 11.9. The van der Waals surface area contributed by atoms with Gasteiger partial charge in [0.1, 0.15) is 12.6 Å². The highest BCUT2D eigenvalue weighted by atomic mass is 31.4. The van der Waals surface area contributed by atoms with E-state index in [1.165, 1.54) is 11.1 Å². The Morgan fingerprint density at radius 1 is 0.810 bits per heavy atom. The zero-order chi connectivity index (χ0) is 14.9. The maximum absolute atomic E-state index is 10.9. The molecule has 0 saturated heterocycles. The minimum Gasteiger partial charge on any atom is -0.303 e. The molecular formula is C17H19O2PSi. The second kappa shape index (κ2) is 8.66. The molecular weight excluding hydrogens is 295 g/mol. The standard InChI is InChI=1S/C17H19O2PSi/c18-11-13-20(14-12-19)21-17(15-7-3-1-4-8-15)16-9-5-2-6-10-16/h1-12,17H,13-14,21H2. The van der Waals surface area contributed by atoms with E-state index in [0.29, 0.717) is 17.9 Å². The minimum absolute atomic E-state index is 0.387. The second-order valence-corrected chi connectivity index (χ2v) is 12.0. The first-order valence-electron chi connectivity index (χ1n) is 7.04. The summed E-state index contributed by atoms with van der Waals surface area (Å²) in [6, 6.07) is 20.9. The van der Waals surface area contributed by atoms with Crippen molar-refractivity contribution in [2.75, 3.05) is 12.3 Å². The van der Waals surface area contributed by atoms with Gasteiger partial charge in [0, 0.05) is 17.9 Å². The van der Waals surface area contributed by atoms with Gasteiger partial charge >= 0.3 is 0 Å². The van der Waals surface area contributed by atoms with Crippen LogP contribution in [0.5, 0.6) is 0 Å². The molecule has 0 aromatic heterocycles. The maximum Gasteiger partial charge on any atom is 0.123 e. The van der Waals surface area contributed by atoms with Gasteiger partial charge in [0.05, 0.1) is 9.19 Å². The van der Waals surface area contributed by atoms with Crippen molar-refractivity contribution >= 4 is 29.2 Å². The van der Waals surface area contributed by atoms with Crippen LogP contribution in [0.15, 0.2) is 60.7 Å². The van der Waals surface area contributed by atoms with Crippen LogP contribution in [-0.2, 0) is 9.59 Å². The number of carbonyl (C=O) groups is 2. The van der Waals surface area contributed by atoms with Crippen LogP contribution < -0.4 is 0 Å². The van der Waals surface area contributed by atoms with Crippen molar-refractivity contribution in [1.29, 1.82) is 0 Å². The third kappa shape index (κ3) is 4.73. The molecule has 0 aliphatic heterocycles. The van der Waals surface area contributed by atoms with E-state index < -0.39 is 16.7 Å². The van der Waals surface area contributed by atoms with Gasteiger partial charge in [-0.25, -0.2) is 0 Å². The Balaban J connectivity index is 2.28. The van der Waals surface area contributed by atoms with Crippen molar-refractivity contribution < 1.29 is 9.59 Å². The number of carbonyl (C=O) groups excluding carboxylic acids is 2. The summed E-state index contributed by atoms with van der Waals surface area (Å²) in [5.41, 5.74) is 3.00. The van der Waals surface area contributed by atoms with Crippen LogP contribution in [0.25, 0.3) is 0 Å².